The number of methoxy groups -OCH3 is 1. The van der Waals surface area contributed by atoms with Gasteiger partial charge in [0, 0.05) is 18.0 Å². The number of benzene rings is 1. The Labute approximate surface area is 133 Å². The highest BCUT2D eigenvalue weighted by Crippen LogP contribution is 2.32. The molecule has 3 saturated heterocycles. The topological polar surface area (TPSA) is 51.7 Å². The molecular formula is C16H18N2O3S. The van der Waals surface area contributed by atoms with Gasteiger partial charge in [-0.3, -0.25) is 4.90 Å². The molecule has 1 aromatic carbocycles. The van der Waals surface area contributed by atoms with E-state index < -0.39 is 0 Å². The number of carbonyl (C=O) groups excluding carboxylic acids is 1. The molecule has 4 heterocycles. The van der Waals surface area contributed by atoms with Crippen LogP contribution >= 0.6 is 11.5 Å². The van der Waals surface area contributed by atoms with Gasteiger partial charge in [-0.2, -0.15) is 4.37 Å². The minimum absolute atomic E-state index is 0.0328. The monoisotopic (exact) mass is 318 g/mol. The molecule has 0 aliphatic carbocycles. The minimum atomic E-state index is -0.239. The Kier molecular flexibility index (Phi) is 3.50. The van der Waals surface area contributed by atoms with E-state index in [-0.39, 0.29) is 12.1 Å². The Morgan fingerprint density at radius 3 is 2.86 bits per heavy atom. The molecule has 22 heavy (non-hydrogen) atoms. The van der Waals surface area contributed by atoms with Crippen LogP contribution in [0.2, 0.25) is 0 Å². The molecule has 0 radical (unpaired) electrons. The number of fused-ring (bicyclic) bond motifs is 4. The van der Waals surface area contributed by atoms with Crippen molar-refractivity contribution in [3.8, 4) is 5.75 Å². The first-order valence-corrected chi connectivity index (χ1v) is 8.38. The lowest BCUT2D eigenvalue weighted by molar-refractivity contribution is -0.0451. The molecule has 2 bridgehead atoms. The van der Waals surface area contributed by atoms with Crippen LogP contribution in [0.25, 0.3) is 10.9 Å². The molecule has 3 fully saturated rings. The number of aromatic nitrogens is 1. The zero-order valence-corrected chi connectivity index (χ0v) is 13.3. The van der Waals surface area contributed by atoms with Crippen molar-refractivity contribution in [1.82, 2.24) is 9.27 Å². The number of ether oxygens (including phenoxy) is 2. The predicted molar refractivity (Wildman–Crippen MR) is 84.5 cm³/mol. The fraction of sp³-hybridized carbons (Fsp3) is 0.500. The number of piperidine rings is 3. The summed E-state index contributed by atoms with van der Waals surface area (Å²) in [5, 5.41) is 0.845. The Morgan fingerprint density at radius 1 is 1.36 bits per heavy atom. The predicted octanol–water partition coefficient (Wildman–Crippen LogP) is 2.56. The highest BCUT2D eigenvalue weighted by Gasteiger charge is 2.37. The summed E-state index contributed by atoms with van der Waals surface area (Å²) in [5.41, 5.74) is 0.783. The van der Waals surface area contributed by atoms with Crippen LogP contribution in [0.4, 0.5) is 0 Å². The summed E-state index contributed by atoms with van der Waals surface area (Å²) in [4.78, 5) is 15.5. The molecule has 1 atom stereocenters. The first-order chi connectivity index (χ1) is 10.7. The van der Waals surface area contributed by atoms with Crippen molar-refractivity contribution >= 4 is 28.4 Å². The summed E-state index contributed by atoms with van der Waals surface area (Å²) in [6.07, 6.45) is 2.31. The average molecular weight is 318 g/mol. The van der Waals surface area contributed by atoms with Gasteiger partial charge in [-0.05, 0) is 55.5 Å². The van der Waals surface area contributed by atoms with Gasteiger partial charge < -0.3 is 9.47 Å². The van der Waals surface area contributed by atoms with E-state index in [2.05, 4.69) is 9.27 Å². The maximum atomic E-state index is 12.5. The number of carbonyl (C=O) groups is 1. The molecule has 5 nitrogen and oxygen atoms in total. The number of hydrogen-bond donors (Lipinski definition) is 0. The molecule has 2 aromatic rings. The van der Waals surface area contributed by atoms with Crippen molar-refractivity contribution < 1.29 is 14.3 Å². The first-order valence-electron chi connectivity index (χ1n) is 7.61. The second-order valence-corrected chi connectivity index (χ2v) is 6.75. The van der Waals surface area contributed by atoms with E-state index >= 15 is 0 Å². The molecule has 116 valence electrons. The van der Waals surface area contributed by atoms with Crippen LogP contribution in [-0.2, 0) is 4.74 Å². The largest absolute Gasteiger partial charge is 0.497 e. The molecule has 3 aliphatic rings. The van der Waals surface area contributed by atoms with Crippen molar-refractivity contribution in [2.75, 3.05) is 26.7 Å². The van der Waals surface area contributed by atoms with Gasteiger partial charge in [0.2, 0.25) is 0 Å². The van der Waals surface area contributed by atoms with Crippen LogP contribution in [0.15, 0.2) is 18.2 Å². The summed E-state index contributed by atoms with van der Waals surface area (Å²) < 4.78 is 15.3. The summed E-state index contributed by atoms with van der Waals surface area (Å²) in [7, 11) is 1.62. The molecule has 0 amide bonds. The lowest BCUT2D eigenvalue weighted by Crippen LogP contribution is -2.51. The minimum Gasteiger partial charge on any atom is -0.497 e. The highest BCUT2D eigenvalue weighted by molar-refractivity contribution is 7.09. The fourth-order valence-electron chi connectivity index (χ4n) is 3.43. The van der Waals surface area contributed by atoms with Crippen LogP contribution in [0.3, 0.4) is 0 Å². The third kappa shape index (κ3) is 2.36. The van der Waals surface area contributed by atoms with Crippen molar-refractivity contribution in [3.05, 3.63) is 23.1 Å². The quantitative estimate of drug-likeness (QED) is 0.814. The molecule has 0 N–H and O–H groups in total. The Bertz CT molecular complexity index is 706. The van der Waals surface area contributed by atoms with Crippen LogP contribution in [0.1, 0.15) is 22.5 Å². The van der Waals surface area contributed by atoms with Gasteiger partial charge in [-0.25, -0.2) is 4.79 Å². The normalized spacial score (nSPS) is 27.0. The van der Waals surface area contributed by atoms with E-state index in [0.29, 0.717) is 10.8 Å². The number of nitrogens with zero attached hydrogens (tertiary/aromatic N) is 2. The van der Waals surface area contributed by atoms with Crippen LogP contribution in [-0.4, -0.2) is 48.1 Å². The average Bonchev–Trinajstić information content (AvgIpc) is 2.99. The zero-order valence-electron chi connectivity index (χ0n) is 12.4. The zero-order chi connectivity index (χ0) is 15.1. The van der Waals surface area contributed by atoms with Gasteiger partial charge in [0.15, 0.2) is 0 Å². The maximum Gasteiger partial charge on any atom is 0.350 e. The highest BCUT2D eigenvalue weighted by atomic mass is 32.1. The second-order valence-electron chi connectivity index (χ2n) is 5.98. The number of hydrogen-bond acceptors (Lipinski definition) is 6. The summed E-state index contributed by atoms with van der Waals surface area (Å²) in [6, 6.07) is 5.57. The Morgan fingerprint density at radius 2 is 2.18 bits per heavy atom. The fourth-order valence-corrected chi connectivity index (χ4v) is 4.17. The van der Waals surface area contributed by atoms with E-state index in [1.807, 2.05) is 18.2 Å². The van der Waals surface area contributed by atoms with Crippen molar-refractivity contribution in [2.45, 2.75) is 18.9 Å². The van der Waals surface area contributed by atoms with Gasteiger partial charge in [0.1, 0.15) is 16.7 Å². The van der Waals surface area contributed by atoms with Crippen LogP contribution in [0.5, 0.6) is 5.75 Å². The lowest BCUT2D eigenvalue weighted by atomic mass is 9.86. The smallest absolute Gasteiger partial charge is 0.350 e. The third-order valence-corrected chi connectivity index (χ3v) is 5.58. The van der Waals surface area contributed by atoms with Gasteiger partial charge >= 0.3 is 5.97 Å². The number of rotatable bonds is 3. The molecule has 0 spiro atoms. The van der Waals surface area contributed by atoms with E-state index in [4.69, 9.17) is 9.47 Å². The SMILES string of the molecule is COc1ccc2c(C(=O)O[C@@H]3CN4CCC3CC4)snc2c1. The molecule has 5 rings (SSSR count). The Hall–Kier alpha value is -1.66. The first kappa shape index (κ1) is 14.0. The summed E-state index contributed by atoms with van der Waals surface area (Å²) in [5.74, 6) is 1.03. The van der Waals surface area contributed by atoms with Crippen molar-refractivity contribution in [3.63, 3.8) is 0 Å². The Balaban J connectivity index is 1.55. The maximum absolute atomic E-state index is 12.5. The van der Waals surface area contributed by atoms with Gasteiger partial charge in [-0.1, -0.05) is 0 Å². The van der Waals surface area contributed by atoms with E-state index in [1.54, 1.807) is 7.11 Å². The number of esters is 1. The van der Waals surface area contributed by atoms with Crippen LogP contribution in [0, 0.1) is 5.92 Å². The van der Waals surface area contributed by atoms with Gasteiger partial charge in [-0.15, -0.1) is 0 Å². The summed E-state index contributed by atoms with van der Waals surface area (Å²) >= 11 is 1.21. The molecule has 0 unspecified atom stereocenters. The van der Waals surface area contributed by atoms with E-state index in [1.165, 1.54) is 11.5 Å². The molecular weight excluding hydrogens is 300 g/mol. The van der Waals surface area contributed by atoms with Gasteiger partial charge in [0.25, 0.3) is 0 Å². The van der Waals surface area contributed by atoms with E-state index in [0.717, 1.165) is 49.1 Å². The summed E-state index contributed by atoms with van der Waals surface area (Å²) in [6.45, 7) is 3.16. The lowest BCUT2D eigenvalue weighted by Gasteiger charge is -2.43. The third-order valence-electron chi connectivity index (χ3n) is 4.72. The molecule has 6 heteroatoms. The standard InChI is InChI=1S/C16H18N2O3S/c1-20-11-2-3-12-13(8-11)17-22-15(12)16(19)21-14-9-18-6-4-10(14)5-7-18/h2-3,8,10,14H,4-7,9H2,1H3/t14-/m1/s1. The second kappa shape index (κ2) is 5.52. The van der Waals surface area contributed by atoms with Crippen LogP contribution < -0.4 is 4.74 Å². The molecule has 3 aliphatic heterocycles. The van der Waals surface area contributed by atoms with E-state index in [9.17, 15) is 4.79 Å². The molecule has 1 aromatic heterocycles. The molecule has 0 saturated carbocycles. The van der Waals surface area contributed by atoms with Gasteiger partial charge in [0.05, 0.1) is 12.6 Å². The van der Waals surface area contributed by atoms with Crippen molar-refractivity contribution in [2.24, 2.45) is 5.92 Å². The van der Waals surface area contributed by atoms with Crippen molar-refractivity contribution in [1.29, 1.82) is 0 Å².